The normalized spacial score (nSPS) is 21.9. The molecule has 0 aliphatic carbocycles. The van der Waals surface area contributed by atoms with Crippen LogP contribution in [0.3, 0.4) is 0 Å². The van der Waals surface area contributed by atoms with Crippen LogP contribution in [0.1, 0.15) is 41.0 Å². The highest BCUT2D eigenvalue weighted by molar-refractivity contribution is 6.07. The summed E-state index contributed by atoms with van der Waals surface area (Å²) in [6.07, 6.45) is 0.577. The lowest BCUT2D eigenvalue weighted by Gasteiger charge is -2.35. The molecule has 5 heteroatoms. The van der Waals surface area contributed by atoms with Gasteiger partial charge in [0.15, 0.2) is 5.78 Å². The van der Waals surface area contributed by atoms with Crippen LogP contribution in [0.2, 0.25) is 0 Å². The van der Waals surface area contributed by atoms with Gasteiger partial charge in [0.05, 0.1) is 11.5 Å². The van der Waals surface area contributed by atoms with Gasteiger partial charge in [-0.2, -0.15) is 0 Å². The molecular weight excluding hydrogens is 270 g/mol. The lowest BCUT2D eigenvalue weighted by Crippen LogP contribution is -2.45. The third-order valence-corrected chi connectivity index (χ3v) is 3.83. The number of aliphatic carboxylic acids is 1. The van der Waals surface area contributed by atoms with Crippen molar-refractivity contribution in [3.8, 4) is 0 Å². The van der Waals surface area contributed by atoms with E-state index in [9.17, 15) is 19.5 Å². The first-order chi connectivity index (χ1) is 9.90. The Hall–Kier alpha value is -2.17. The third kappa shape index (κ3) is 3.29. The Morgan fingerprint density at radius 1 is 1.14 bits per heavy atom. The van der Waals surface area contributed by atoms with Crippen LogP contribution in [-0.4, -0.2) is 40.8 Å². The number of hydrogen-bond acceptors (Lipinski definition) is 3. The highest BCUT2D eigenvalue weighted by Crippen LogP contribution is 2.24. The number of carbonyl (C=O) groups excluding carboxylic acids is 2. The number of carbonyl (C=O) groups is 3. The van der Waals surface area contributed by atoms with Gasteiger partial charge >= 0.3 is 5.97 Å². The van der Waals surface area contributed by atoms with Crippen molar-refractivity contribution in [2.45, 2.75) is 20.3 Å². The first-order valence-corrected chi connectivity index (χ1v) is 7.02. The average Bonchev–Trinajstić information content (AvgIpc) is 2.45. The molecule has 1 aliphatic heterocycles. The van der Waals surface area contributed by atoms with Crippen molar-refractivity contribution >= 4 is 17.7 Å². The molecule has 1 aromatic rings. The number of ketones is 1. The Morgan fingerprint density at radius 3 is 2.33 bits per heavy atom. The number of rotatable bonds is 3. The highest BCUT2D eigenvalue weighted by atomic mass is 16.4. The molecule has 112 valence electrons. The summed E-state index contributed by atoms with van der Waals surface area (Å²) in [4.78, 5) is 37.0. The molecule has 1 heterocycles. The van der Waals surface area contributed by atoms with Crippen LogP contribution in [-0.2, 0) is 4.79 Å². The Kier molecular flexibility index (Phi) is 4.40. The summed E-state index contributed by atoms with van der Waals surface area (Å²) >= 11 is 0. The fraction of sp³-hybridized carbons (Fsp3) is 0.438. The molecule has 2 atom stereocenters. The lowest BCUT2D eigenvalue weighted by atomic mass is 9.89. The van der Waals surface area contributed by atoms with Crippen LogP contribution in [0.25, 0.3) is 0 Å². The first-order valence-electron chi connectivity index (χ1n) is 7.02. The van der Waals surface area contributed by atoms with E-state index in [1.807, 2.05) is 6.92 Å². The number of carboxylic acids is 1. The zero-order valence-corrected chi connectivity index (χ0v) is 12.2. The Bertz CT molecular complexity index is 581. The summed E-state index contributed by atoms with van der Waals surface area (Å²) in [6, 6.07) is 6.67. The molecule has 1 aromatic carbocycles. The standard InChI is InChI=1S/C16H19NO4/c1-10-7-12(16(20)21)9-17(8-10)15(19)14-6-4-3-5-13(14)11(2)18/h3-6,10,12H,7-9H2,1-2H3,(H,20,21). The summed E-state index contributed by atoms with van der Waals surface area (Å²) < 4.78 is 0. The molecular formula is C16H19NO4. The molecule has 2 unspecified atom stereocenters. The molecule has 2 rings (SSSR count). The van der Waals surface area contributed by atoms with Crippen LogP contribution in [0.5, 0.6) is 0 Å². The summed E-state index contributed by atoms with van der Waals surface area (Å²) in [5, 5.41) is 9.18. The molecule has 1 fully saturated rings. The van der Waals surface area contributed by atoms with Crippen LogP contribution in [0.15, 0.2) is 24.3 Å². The fourth-order valence-corrected chi connectivity index (χ4v) is 2.84. The van der Waals surface area contributed by atoms with Crippen molar-refractivity contribution in [2.75, 3.05) is 13.1 Å². The van der Waals surface area contributed by atoms with E-state index in [2.05, 4.69) is 0 Å². The maximum absolute atomic E-state index is 12.6. The van der Waals surface area contributed by atoms with Crippen molar-refractivity contribution in [3.05, 3.63) is 35.4 Å². The monoisotopic (exact) mass is 289 g/mol. The van der Waals surface area contributed by atoms with Gasteiger partial charge in [0, 0.05) is 18.7 Å². The SMILES string of the molecule is CC(=O)c1ccccc1C(=O)N1CC(C)CC(C(=O)O)C1. The molecule has 0 radical (unpaired) electrons. The second-order valence-corrected chi connectivity index (χ2v) is 5.69. The predicted octanol–water partition coefficient (Wildman–Crippen LogP) is 2.07. The van der Waals surface area contributed by atoms with Gasteiger partial charge < -0.3 is 10.0 Å². The molecule has 21 heavy (non-hydrogen) atoms. The number of Topliss-reactive ketones (excluding diaryl/α,β-unsaturated/α-hetero) is 1. The number of likely N-dealkylation sites (tertiary alicyclic amines) is 1. The van der Waals surface area contributed by atoms with Gasteiger partial charge in [0.1, 0.15) is 0 Å². The molecule has 0 aromatic heterocycles. The van der Waals surface area contributed by atoms with Gasteiger partial charge in [-0.1, -0.05) is 25.1 Å². The van der Waals surface area contributed by atoms with Gasteiger partial charge in [0.25, 0.3) is 5.91 Å². The van der Waals surface area contributed by atoms with Crippen LogP contribution >= 0.6 is 0 Å². The second kappa shape index (κ2) is 6.08. The zero-order chi connectivity index (χ0) is 15.6. The second-order valence-electron chi connectivity index (χ2n) is 5.69. The van der Waals surface area contributed by atoms with Gasteiger partial charge in [0.2, 0.25) is 0 Å². The maximum atomic E-state index is 12.6. The smallest absolute Gasteiger partial charge is 0.308 e. The van der Waals surface area contributed by atoms with E-state index in [0.29, 0.717) is 24.1 Å². The average molecular weight is 289 g/mol. The zero-order valence-electron chi connectivity index (χ0n) is 12.2. The first kappa shape index (κ1) is 15.2. The predicted molar refractivity (Wildman–Crippen MR) is 77.3 cm³/mol. The van der Waals surface area contributed by atoms with E-state index in [1.54, 1.807) is 29.2 Å². The largest absolute Gasteiger partial charge is 0.481 e. The number of hydrogen-bond donors (Lipinski definition) is 1. The highest BCUT2D eigenvalue weighted by Gasteiger charge is 2.33. The van der Waals surface area contributed by atoms with Crippen LogP contribution in [0, 0.1) is 11.8 Å². The summed E-state index contributed by atoms with van der Waals surface area (Å²) in [5.74, 6) is -1.72. The molecule has 1 aliphatic rings. The molecule has 0 spiro atoms. The van der Waals surface area contributed by atoms with Gasteiger partial charge in [-0.05, 0) is 25.3 Å². The van der Waals surface area contributed by atoms with Crippen molar-refractivity contribution < 1.29 is 19.5 Å². The third-order valence-electron chi connectivity index (χ3n) is 3.83. The van der Waals surface area contributed by atoms with Gasteiger partial charge in [-0.3, -0.25) is 14.4 Å². The van der Waals surface area contributed by atoms with E-state index in [-0.39, 0.29) is 24.2 Å². The van der Waals surface area contributed by atoms with E-state index in [1.165, 1.54) is 6.92 Å². The summed E-state index contributed by atoms with van der Waals surface area (Å²) in [5.41, 5.74) is 0.732. The molecule has 0 bridgehead atoms. The van der Waals surface area contributed by atoms with E-state index < -0.39 is 11.9 Å². The van der Waals surface area contributed by atoms with E-state index in [0.717, 1.165) is 0 Å². The van der Waals surface area contributed by atoms with Gasteiger partial charge in [-0.15, -0.1) is 0 Å². The van der Waals surface area contributed by atoms with Crippen LogP contribution in [0.4, 0.5) is 0 Å². The molecule has 5 nitrogen and oxygen atoms in total. The minimum absolute atomic E-state index is 0.133. The topological polar surface area (TPSA) is 74.7 Å². The number of carboxylic acid groups (broad SMARTS) is 1. The molecule has 1 N–H and O–H groups in total. The Balaban J connectivity index is 2.27. The summed E-state index contributed by atoms with van der Waals surface area (Å²) in [6.45, 7) is 4.08. The van der Waals surface area contributed by atoms with Crippen molar-refractivity contribution in [2.24, 2.45) is 11.8 Å². The molecule has 1 saturated heterocycles. The quantitative estimate of drug-likeness (QED) is 0.864. The van der Waals surface area contributed by atoms with E-state index in [4.69, 9.17) is 0 Å². The maximum Gasteiger partial charge on any atom is 0.308 e. The van der Waals surface area contributed by atoms with Gasteiger partial charge in [-0.25, -0.2) is 0 Å². The Labute approximate surface area is 123 Å². The Morgan fingerprint density at radius 2 is 1.76 bits per heavy atom. The number of nitrogens with zero attached hydrogens (tertiary/aromatic N) is 1. The van der Waals surface area contributed by atoms with Crippen molar-refractivity contribution in [1.82, 2.24) is 4.90 Å². The summed E-state index contributed by atoms with van der Waals surface area (Å²) in [7, 11) is 0. The number of amides is 1. The number of piperidine rings is 1. The fourth-order valence-electron chi connectivity index (χ4n) is 2.84. The number of benzene rings is 1. The minimum Gasteiger partial charge on any atom is -0.481 e. The van der Waals surface area contributed by atoms with E-state index >= 15 is 0 Å². The van der Waals surface area contributed by atoms with Crippen molar-refractivity contribution in [3.63, 3.8) is 0 Å². The molecule has 0 saturated carbocycles. The van der Waals surface area contributed by atoms with Crippen molar-refractivity contribution in [1.29, 1.82) is 0 Å². The van der Waals surface area contributed by atoms with Crippen LogP contribution < -0.4 is 0 Å². The minimum atomic E-state index is -0.876. The lowest BCUT2D eigenvalue weighted by molar-refractivity contribution is -0.143. The molecule has 1 amide bonds.